The van der Waals surface area contributed by atoms with Crippen molar-refractivity contribution < 1.29 is 0 Å². The van der Waals surface area contributed by atoms with Gasteiger partial charge in [0.05, 0.1) is 0 Å². The van der Waals surface area contributed by atoms with E-state index in [9.17, 15) is 0 Å². The Morgan fingerprint density at radius 3 is 2.38 bits per heavy atom. The molecule has 1 aromatic rings. The van der Waals surface area contributed by atoms with Gasteiger partial charge in [-0.05, 0) is 67.7 Å². The molecule has 0 amide bonds. The van der Waals surface area contributed by atoms with Gasteiger partial charge in [0.25, 0.3) is 0 Å². The van der Waals surface area contributed by atoms with Crippen molar-refractivity contribution in [2.75, 3.05) is 13.1 Å². The van der Waals surface area contributed by atoms with Crippen molar-refractivity contribution in [3.05, 3.63) is 29.6 Å². The molecule has 0 radical (unpaired) electrons. The number of nitrogens with zero attached hydrogens (tertiary/aromatic N) is 2. The van der Waals surface area contributed by atoms with Crippen LogP contribution in [0.1, 0.15) is 64.0 Å². The van der Waals surface area contributed by atoms with E-state index in [-0.39, 0.29) is 5.41 Å². The van der Waals surface area contributed by atoms with Gasteiger partial charge < -0.3 is 4.90 Å². The standard InChI is InChI=1S/C19H30N2/c1-19(2,3)17-12-16(13-20-14-17)11-15-7-9-21(10-8-15)18-5-4-6-18/h12-15,18H,4-11H2,1-3H3. The molecule has 2 heteroatoms. The van der Waals surface area contributed by atoms with Gasteiger partial charge in [0.1, 0.15) is 0 Å². The minimum atomic E-state index is 0.205. The molecule has 0 atom stereocenters. The van der Waals surface area contributed by atoms with Crippen LogP contribution in [0.3, 0.4) is 0 Å². The maximum Gasteiger partial charge on any atom is 0.0305 e. The second-order valence-corrected chi connectivity index (χ2v) is 8.10. The molecule has 2 aliphatic rings. The molecule has 2 heterocycles. The van der Waals surface area contributed by atoms with Crippen LogP contribution in [-0.2, 0) is 11.8 Å². The van der Waals surface area contributed by atoms with E-state index in [0.717, 1.165) is 12.0 Å². The predicted octanol–water partition coefficient (Wildman–Crippen LogP) is 4.19. The zero-order valence-electron chi connectivity index (χ0n) is 13.9. The summed E-state index contributed by atoms with van der Waals surface area (Å²) < 4.78 is 0. The highest BCUT2D eigenvalue weighted by Crippen LogP contribution is 2.30. The number of aromatic nitrogens is 1. The summed E-state index contributed by atoms with van der Waals surface area (Å²) >= 11 is 0. The maximum absolute atomic E-state index is 4.47. The van der Waals surface area contributed by atoms with Crippen LogP contribution in [0.4, 0.5) is 0 Å². The van der Waals surface area contributed by atoms with Crippen LogP contribution < -0.4 is 0 Å². The molecule has 3 rings (SSSR count). The quantitative estimate of drug-likeness (QED) is 0.828. The Kier molecular flexibility index (Phi) is 4.35. The van der Waals surface area contributed by atoms with Gasteiger partial charge in [0, 0.05) is 18.4 Å². The lowest BCUT2D eigenvalue weighted by Crippen LogP contribution is -2.45. The van der Waals surface area contributed by atoms with Crippen molar-refractivity contribution in [1.82, 2.24) is 9.88 Å². The van der Waals surface area contributed by atoms with Crippen molar-refractivity contribution in [2.45, 2.75) is 70.8 Å². The third-order valence-electron chi connectivity index (χ3n) is 5.43. The first kappa shape index (κ1) is 15.0. The second-order valence-electron chi connectivity index (χ2n) is 8.10. The van der Waals surface area contributed by atoms with E-state index in [0.29, 0.717) is 0 Å². The minimum absolute atomic E-state index is 0.205. The van der Waals surface area contributed by atoms with Gasteiger partial charge in [0.15, 0.2) is 0 Å². The van der Waals surface area contributed by atoms with Gasteiger partial charge in [-0.3, -0.25) is 4.98 Å². The summed E-state index contributed by atoms with van der Waals surface area (Å²) in [6.45, 7) is 9.45. The van der Waals surface area contributed by atoms with Crippen LogP contribution >= 0.6 is 0 Å². The van der Waals surface area contributed by atoms with E-state index in [1.54, 1.807) is 0 Å². The van der Waals surface area contributed by atoms with Crippen molar-refractivity contribution in [2.24, 2.45) is 5.92 Å². The van der Waals surface area contributed by atoms with Crippen molar-refractivity contribution >= 4 is 0 Å². The van der Waals surface area contributed by atoms with Crippen LogP contribution in [0.25, 0.3) is 0 Å². The number of hydrogen-bond donors (Lipinski definition) is 0. The van der Waals surface area contributed by atoms with Gasteiger partial charge in [-0.2, -0.15) is 0 Å². The molecule has 116 valence electrons. The zero-order valence-corrected chi connectivity index (χ0v) is 13.9. The molecule has 1 aliphatic heterocycles. The highest BCUT2D eigenvalue weighted by molar-refractivity contribution is 5.24. The summed E-state index contributed by atoms with van der Waals surface area (Å²) in [7, 11) is 0. The molecule has 1 aliphatic carbocycles. The van der Waals surface area contributed by atoms with Gasteiger partial charge in [0.2, 0.25) is 0 Å². The fourth-order valence-electron chi connectivity index (χ4n) is 3.62. The Labute approximate surface area is 130 Å². The van der Waals surface area contributed by atoms with Crippen LogP contribution in [0, 0.1) is 5.92 Å². The molecule has 0 aromatic carbocycles. The lowest BCUT2D eigenvalue weighted by Gasteiger charge is -2.41. The van der Waals surface area contributed by atoms with Crippen LogP contribution in [0.5, 0.6) is 0 Å². The lowest BCUT2D eigenvalue weighted by molar-refractivity contribution is 0.0846. The molecule has 1 saturated heterocycles. The van der Waals surface area contributed by atoms with Crippen LogP contribution in [-0.4, -0.2) is 29.0 Å². The summed E-state index contributed by atoms with van der Waals surface area (Å²) in [6, 6.07) is 3.31. The van der Waals surface area contributed by atoms with E-state index in [1.807, 2.05) is 6.20 Å². The molecular formula is C19H30N2. The van der Waals surface area contributed by atoms with E-state index in [1.165, 1.54) is 62.7 Å². The average Bonchev–Trinajstić information content (AvgIpc) is 2.38. The Hall–Kier alpha value is -0.890. The molecule has 2 fully saturated rings. The first-order chi connectivity index (χ1) is 10.0. The summed E-state index contributed by atoms with van der Waals surface area (Å²) in [6.07, 6.45) is 12.4. The first-order valence-corrected chi connectivity index (χ1v) is 8.71. The molecule has 0 spiro atoms. The molecule has 1 saturated carbocycles. The smallest absolute Gasteiger partial charge is 0.0305 e. The fourth-order valence-corrected chi connectivity index (χ4v) is 3.62. The van der Waals surface area contributed by atoms with Crippen LogP contribution in [0.2, 0.25) is 0 Å². The Morgan fingerprint density at radius 2 is 1.81 bits per heavy atom. The molecule has 0 unspecified atom stereocenters. The highest BCUT2D eigenvalue weighted by atomic mass is 15.2. The molecule has 0 bridgehead atoms. The lowest BCUT2D eigenvalue weighted by atomic mass is 9.84. The molecule has 21 heavy (non-hydrogen) atoms. The summed E-state index contributed by atoms with van der Waals surface area (Å²) in [5.74, 6) is 0.860. The highest BCUT2D eigenvalue weighted by Gasteiger charge is 2.28. The Morgan fingerprint density at radius 1 is 1.10 bits per heavy atom. The van der Waals surface area contributed by atoms with Gasteiger partial charge in [-0.15, -0.1) is 0 Å². The molecule has 0 N–H and O–H groups in total. The summed E-state index contributed by atoms with van der Waals surface area (Å²) in [4.78, 5) is 7.21. The predicted molar refractivity (Wildman–Crippen MR) is 88.6 cm³/mol. The molecule has 2 nitrogen and oxygen atoms in total. The SMILES string of the molecule is CC(C)(C)c1cncc(CC2CCN(C3CCC3)CC2)c1. The largest absolute Gasteiger partial charge is 0.300 e. The molecule has 1 aromatic heterocycles. The average molecular weight is 286 g/mol. The fraction of sp³-hybridized carbons (Fsp3) is 0.737. The van der Waals surface area contributed by atoms with Crippen molar-refractivity contribution in [3.8, 4) is 0 Å². The normalized spacial score (nSPS) is 22.2. The van der Waals surface area contributed by atoms with Crippen molar-refractivity contribution in [3.63, 3.8) is 0 Å². The number of likely N-dealkylation sites (tertiary alicyclic amines) is 1. The zero-order chi connectivity index (χ0) is 14.9. The minimum Gasteiger partial charge on any atom is -0.300 e. The number of hydrogen-bond acceptors (Lipinski definition) is 2. The van der Waals surface area contributed by atoms with E-state index in [2.05, 4.69) is 42.9 Å². The Bertz CT molecular complexity index is 463. The summed E-state index contributed by atoms with van der Waals surface area (Å²) in [5.41, 5.74) is 3.01. The number of rotatable bonds is 3. The first-order valence-electron chi connectivity index (χ1n) is 8.71. The molecular weight excluding hydrogens is 256 g/mol. The van der Waals surface area contributed by atoms with E-state index >= 15 is 0 Å². The van der Waals surface area contributed by atoms with Gasteiger partial charge in [-0.25, -0.2) is 0 Å². The van der Waals surface area contributed by atoms with Gasteiger partial charge >= 0.3 is 0 Å². The second kappa shape index (κ2) is 6.08. The topological polar surface area (TPSA) is 16.1 Å². The van der Waals surface area contributed by atoms with Gasteiger partial charge in [-0.1, -0.05) is 33.3 Å². The van der Waals surface area contributed by atoms with E-state index in [4.69, 9.17) is 0 Å². The third-order valence-corrected chi connectivity index (χ3v) is 5.43. The monoisotopic (exact) mass is 286 g/mol. The van der Waals surface area contributed by atoms with Crippen LogP contribution in [0.15, 0.2) is 18.5 Å². The third kappa shape index (κ3) is 3.66. The number of piperidine rings is 1. The summed E-state index contributed by atoms with van der Waals surface area (Å²) in [5, 5.41) is 0. The Balaban J connectivity index is 1.55. The van der Waals surface area contributed by atoms with Crippen molar-refractivity contribution in [1.29, 1.82) is 0 Å². The maximum atomic E-state index is 4.47. The van der Waals surface area contributed by atoms with E-state index < -0.39 is 0 Å². The number of pyridine rings is 1.